The lowest BCUT2D eigenvalue weighted by molar-refractivity contribution is 0.396. The minimum Gasteiger partial charge on any atom is -0.481 e. The van der Waals surface area contributed by atoms with E-state index in [4.69, 9.17) is 4.74 Å². The van der Waals surface area contributed by atoms with Crippen LogP contribution in [0.3, 0.4) is 0 Å². The first kappa shape index (κ1) is 14.0. The highest BCUT2D eigenvalue weighted by molar-refractivity contribution is 9.09. The lowest BCUT2D eigenvalue weighted by Crippen LogP contribution is -2.00. The van der Waals surface area contributed by atoms with Crippen molar-refractivity contribution < 1.29 is 4.74 Å². The van der Waals surface area contributed by atoms with E-state index in [1.807, 2.05) is 6.07 Å². The summed E-state index contributed by atoms with van der Waals surface area (Å²) in [7, 11) is 1.61. The second-order valence-corrected chi connectivity index (χ2v) is 5.67. The summed E-state index contributed by atoms with van der Waals surface area (Å²) in [5.74, 6) is 0.602. The zero-order chi connectivity index (χ0) is 13.8. The third-order valence-electron chi connectivity index (χ3n) is 3.19. The number of hydrogen-bond donors (Lipinski definition) is 0. The fourth-order valence-corrected chi connectivity index (χ4v) is 2.48. The molecule has 0 radical (unpaired) electrons. The number of aryl methyl sites for hydroxylation is 2. The normalized spacial score (nSPS) is 12.2. The van der Waals surface area contributed by atoms with Crippen LogP contribution >= 0.6 is 15.9 Å². The van der Waals surface area contributed by atoms with Crippen molar-refractivity contribution in [2.24, 2.45) is 0 Å². The fraction of sp³-hybridized carbons (Fsp3) is 0.333. The molecule has 1 unspecified atom stereocenters. The monoisotopic (exact) mass is 320 g/mol. The van der Waals surface area contributed by atoms with Gasteiger partial charge in [0, 0.05) is 23.0 Å². The van der Waals surface area contributed by atoms with E-state index in [1.54, 1.807) is 7.11 Å². The van der Waals surface area contributed by atoms with Crippen LogP contribution in [0.2, 0.25) is 0 Å². The van der Waals surface area contributed by atoms with Gasteiger partial charge < -0.3 is 4.74 Å². The van der Waals surface area contributed by atoms with Gasteiger partial charge >= 0.3 is 0 Å². The van der Waals surface area contributed by atoms with Crippen molar-refractivity contribution in [3.8, 4) is 5.88 Å². The van der Waals surface area contributed by atoms with Gasteiger partial charge in [-0.3, -0.25) is 0 Å². The molecule has 2 aromatic rings. The van der Waals surface area contributed by atoms with Crippen molar-refractivity contribution in [3.63, 3.8) is 0 Å². The first-order valence-corrected chi connectivity index (χ1v) is 7.08. The summed E-state index contributed by atoms with van der Waals surface area (Å²) in [5, 5.41) is 0. The quantitative estimate of drug-likeness (QED) is 0.804. The van der Waals surface area contributed by atoms with Gasteiger partial charge in [0.25, 0.3) is 0 Å². The summed E-state index contributed by atoms with van der Waals surface area (Å²) >= 11 is 3.73. The number of ether oxygens (including phenoxy) is 1. The number of nitrogens with zero attached hydrogens (tertiary/aromatic N) is 2. The number of methoxy groups -OCH3 is 1. The summed E-state index contributed by atoms with van der Waals surface area (Å²) in [4.78, 5) is 8.53. The molecule has 0 N–H and O–H groups in total. The first-order chi connectivity index (χ1) is 9.10. The average Bonchev–Trinajstić information content (AvgIpc) is 2.42. The Kier molecular flexibility index (Phi) is 4.53. The number of aromatic nitrogens is 2. The molecule has 0 fully saturated rings. The highest BCUT2D eigenvalue weighted by Crippen LogP contribution is 2.28. The second-order valence-electron chi connectivity index (χ2n) is 4.57. The molecule has 0 saturated carbocycles. The maximum absolute atomic E-state index is 5.11. The summed E-state index contributed by atoms with van der Waals surface area (Å²) < 4.78 is 5.11. The van der Waals surface area contributed by atoms with Gasteiger partial charge in [-0.1, -0.05) is 34.1 Å². The van der Waals surface area contributed by atoms with Gasteiger partial charge in [-0.2, -0.15) is 0 Å². The molecule has 0 spiro atoms. The topological polar surface area (TPSA) is 35.0 Å². The summed E-state index contributed by atoms with van der Waals surface area (Å²) in [6.45, 7) is 4.25. The highest BCUT2D eigenvalue weighted by atomic mass is 79.9. The molecule has 1 aromatic heterocycles. The number of alkyl halides is 1. The number of benzene rings is 1. The molecule has 2 rings (SSSR count). The van der Waals surface area contributed by atoms with Crippen LogP contribution in [0.5, 0.6) is 5.88 Å². The Labute approximate surface area is 122 Å². The number of hydrogen-bond acceptors (Lipinski definition) is 3. The first-order valence-electron chi connectivity index (χ1n) is 6.16. The molecule has 0 bridgehead atoms. The van der Waals surface area contributed by atoms with E-state index in [1.165, 1.54) is 23.0 Å². The molecule has 19 heavy (non-hydrogen) atoms. The zero-order valence-electron chi connectivity index (χ0n) is 11.4. The van der Waals surface area contributed by atoms with Crippen molar-refractivity contribution in [1.29, 1.82) is 0 Å². The van der Waals surface area contributed by atoms with Crippen LogP contribution < -0.4 is 4.74 Å². The summed E-state index contributed by atoms with van der Waals surface area (Å²) in [6, 6.07) is 8.39. The molecule has 0 aliphatic carbocycles. The predicted molar refractivity (Wildman–Crippen MR) is 79.9 cm³/mol. The predicted octanol–water partition coefficient (Wildman–Crippen LogP) is 3.78. The maximum Gasteiger partial charge on any atom is 0.216 e. The smallest absolute Gasteiger partial charge is 0.216 e. The Bertz CT molecular complexity index is 572. The van der Waals surface area contributed by atoms with Gasteiger partial charge in [-0.05, 0) is 30.5 Å². The van der Waals surface area contributed by atoms with E-state index in [-0.39, 0.29) is 4.83 Å². The van der Waals surface area contributed by atoms with Gasteiger partial charge in [0.15, 0.2) is 0 Å². The molecule has 3 nitrogen and oxygen atoms in total. The van der Waals surface area contributed by atoms with E-state index in [9.17, 15) is 0 Å². The van der Waals surface area contributed by atoms with E-state index in [0.717, 1.165) is 12.1 Å². The number of halogens is 1. The molecule has 0 aliphatic heterocycles. The maximum atomic E-state index is 5.11. The largest absolute Gasteiger partial charge is 0.481 e. The molecule has 0 saturated heterocycles. The minimum absolute atomic E-state index is 0.242. The summed E-state index contributed by atoms with van der Waals surface area (Å²) in [5.41, 5.74) is 4.85. The van der Waals surface area contributed by atoms with Crippen LogP contribution in [-0.4, -0.2) is 17.1 Å². The fourth-order valence-electron chi connectivity index (χ4n) is 1.86. The van der Waals surface area contributed by atoms with Gasteiger partial charge in [-0.25, -0.2) is 9.97 Å². The molecular weight excluding hydrogens is 304 g/mol. The molecule has 100 valence electrons. The summed E-state index contributed by atoms with van der Waals surface area (Å²) in [6.07, 6.45) is 2.34. The van der Waals surface area contributed by atoms with E-state index < -0.39 is 0 Å². The standard InChI is InChI=1S/C15H17BrN2O/c1-10-4-5-12(6-11(10)2)14(16)7-13-8-15(19-3)18-9-17-13/h4-6,8-9,14H,7H2,1-3H3. The molecule has 1 heterocycles. The van der Waals surface area contributed by atoms with E-state index >= 15 is 0 Å². The lowest BCUT2D eigenvalue weighted by atomic mass is 10.0. The van der Waals surface area contributed by atoms with Crippen molar-refractivity contribution in [3.05, 3.63) is 53.0 Å². The van der Waals surface area contributed by atoms with Crippen LogP contribution in [-0.2, 0) is 6.42 Å². The average molecular weight is 321 g/mol. The third-order valence-corrected chi connectivity index (χ3v) is 4.04. The SMILES string of the molecule is COc1cc(CC(Br)c2ccc(C)c(C)c2)ncn1. The van der Waals surface area contributed by atoms with Crippen LogP contribution in [0.4, 0.5) is 0 Å². The second kappa shape index (κ2) is 6.15. The van der Waals surface area contributed by atoms with Crippen molar-refractivity contribution in [2.45, 2.75) is 25.1 Å². The molecule has 0 aliphatic rings. The van der Waals surface area contributed by atoms with Gasteiger partial charge in [0.1, 0.15) is 6.33 Å². The molecular formula is C15H17BrN2O. The van der Waals surface area contributed by atoms with E-state index in [0.29, 0.717) is 5.88 Å². The van der Waals surface area contributed by atoms with Gasteiger partial charge in [0.05, 0.1) is 7.11 Å². The van der Waals surface area contributed by atoms with Gasteiger partial charge in [-0.15, -0.1) is 0 Å². The van der Waals surface area contributed by atoms with Crippen molar-refractivity contribution in [2.75, 3.05) is 7.11 Å². The zero-order valence-corrected chi connectivity index (χ0v) is 12.9. The Morgan fingerprint density at radius 2 is 1.95 bits per heavy atom. The van der Waals surface area contributed by atoms with Crippen LogP contribution in [0.25, 0.3) is 0 Å². The Balaban J connectivity index is 2.15. The van der Waals surface area contributed by atoms with Crippen molar-refractivity contribution >= 4 is 15.9 Å². The lowest BCUT2D eigenvalue weighted by Gasteiger charge is -2.12. The Morgan fingerprint density at radius 1 is 1.16 bits per heavy atom. The van der Waals surface area contributed by atoms with Crippen molar-refractivity contribution in [1.82, 2.24) is 9.97 Å². The number of rotatable bonds is 4. The molecule has 0 amide bonds. The molecule has 1 atom stereocenters. The Hall–Kier alpha value is -1.42. The molecule has 4 heteroatoms. The minimum atomic E-state index is 0.242. The van der Waals surface area contributed by atoms with E-state index in [2.05, 4.69) is 57.9 Å². The van der Waals surface area contributed by atoms with Gasteiger partial charge in [0.2, 0.25) is 5.88 Å². The van der Waals surface area contributed by atoms with Crippen LogP contribution in [0.1, 0.15) is 27.2 Å². The third kappa shape index (κ3) is 3.53. The van der Waals surface area contributed by atoms with Crippen LogP contribution in [0.15, 0.2) is 30.6 Å². The highest BCUT2D eigenvalue weighted by Gasteiger charge is 2.11. The Morgan fingerprint density at radius 3 is 2.63 bits per heavy atom. The van der Waals surface area contributed by atoms with Crippen LogP contribution in [0, 0.1) is 13.8 Å². The molecule has 1 aromatic carbocycles.